The number of aryl methyl sites for hydroxylation is 1. The van der Waals surface area contributed by atoms with Crippen LogP contribution in [0.1, 0.15) is 5.56 Å². The summed E-state index contributed by atoms with van der Waals surface area (Å²) in [5.74, 6) is 0. The van der Waals surface area contributed by atoms with Gasteiger partial charge in [-0.25, -0.2) is 4.98 Å². The van der Waals surface area contributed by atoms with Crippen molar-refractivity contribution in [2.45, 2.75) is 6.92 Å². The summed E-state index contributed by atoms with van der Waals surface area (Å²) in [5.41, 5.74) is 9.11. The molecule has 3 heteroatoms. The molecule has 8 aromatic rings. The van der Waals surface area contributed by atoms with Gasteiger partial charge in [0, 0.05) is 27.1 Å². The molecule has 8 rings (SSSR count). The molecule has 0 unspecified atom stereocenters. The Morgan fingerprint density at radius 2 is 1.13 bits per heavy atom. The highest BCUT2D eigenvalue weighted by atomic mass is 16.3. The molecule has 0 N–H and O–H groups in total. The Morgan fingerprint density at radius 3 is 1.92 bits per heavy atom. The van der Waals surface area contributed by atoms with Crippen molar-refractivity contribution in [1.82, 2.24) is 9.97 Å². The van der Waals surface area contributed by atoms with Gasteiger partial charge in [0.2, 0.25) is 0 Å². The lowest BCUT2D eigenvalue weighted by Crippen LogP contribution is -1.92. The molecular weight excluding hydrogens is 464 g/mol. The molecule has 0 spiro atoms. The molecule has 0 saturated carbocycles. The number of rotatable bonds is 2. The molecule has 2 heterocycles. The predicted molar refractivity (Wildman–Crippen MR) is 157 cm³/mol. The Bertz CT molecular complexity index is 2170. The quantitative estimate of drug-likeness (QED) is 0.228. The zero-order chi connectivity index (χ0) is 25.2. The van der Waals surface area contributed by atoms with E-state index in [1.54, 1.807) is 0 Å². The second-order valence-corrected chi connectivity index (χ2v) is 9.94. The summed E-state index contributed by atoms with van der Waals surface area (Å²) in [6.07, 6.45) is 1.90. The topological polar surface area (TPSA) is 38.9 Å². The SMILES string of the molecule is Cc1ccc2oc3ccc(-c4cccc(-c5cnc6c7ccccc7c7ccccc7c6n5)c4)cc3c2c1. The first-order chi connectivity index (χ1) is 18.7. The van der Waals surface area contributed by atoms with Gasteiger partial charge in [-0.3, -0.25) is 4.98 Å². The summed E-state index contributed by atoms with van der Waals surface area (Å²) in [5, 5.41) is 6.95. The lowest BCUT2D eigenvalue weighted by atomic mass is 9.98. The van der Waals surface area contributed by atoms with Crippen molar-refractivity contribution < 1.29 is 4.42 Å². The van der Waals surface area contributed by atoms with E-state index >= 15 is 0 Å². The molecule has 0 aliphatic heterocycles. The van der Waals surface area contributed by atoms with Crippen LogP contribution in [0, 0.1) is 6.92 Å². The van der Waals surface area contributed by atoms with E-state index in [-0.39, 0.29) is 0 Å². The summed E-state index contributed by atoms with van der Waals surface area (Å²) in [6, 6.07) is 38.2. The summed E-state index contributed by atoms with van der Waals surface area (Å²) in [7, 11) is 0. The largest absolute Gasteiger partial charge is 0.456 e. The van der Waals surface area contributed by atoms with Gasteiger partial charge in [-0.1, -0.05) is 84.4 Å². The minimum absolute atomic E-state index is 0.866. The zero-order valence-electron chi connectivity index (χ0n) is 20.8. The fourth-order valence-corrected chi connectivity index (χ4v) is 5.69. The first-order valence-electron chi connectivity index (χ1n) is 12.8. The zero-order valence-corrected chi connectivity index (χ0v) is 20.8. The molecule has 0 bridgehead atoms. The van der Waals surface area contributed by atoms with Crippen LogP contribution in [0.15, 0.2) is 120 Å². The summed E-state index contributed by atoms with van der Waals surface area (Å²) >= 11 is 0. The van der Waals surface area contributed by atoms with Gasteiger partial charge in [0.15, 0.2) is 0 Å². The monoisotopic (exact) mass is 486 g/mol. The number of aromatic nitrogens is 2. The van der Waals surface area contributed by atoms with Crippen molar-refractivity contribution in [2.24, 2.45) is 0 Å². The molecule has 2 aromatic heterocycles. The average molecular weight is 487 g/mol. The summed E-state index contributed by atoms with van der Waals surface area (Å²) < 4.78 is 6.08. The van der Waals surface area contributed by atoms with Gasteiger partial charge in [0.25, 0.3) is 0 Å². The van der Waals surface area contributed by atoms with Crippen LogP contribution < -0.4 is 0 Å². The van der Waals surface area contributed by atoms with Crippen molar-refractivity contribution in [1.29, 1.82) is 0 Å². The first-order valence-corrected chi connectivity index (χ1v) is 12.8. The minimum atomic E-state index is 0.866. The van der Waals surface area contributed by atoms with Gasteiger partial charge >= 0.3 is 0 Å². The smallest absolute Gasteiger partial charge is 0.135 e. The fraction of sp³-hybridized carbons (Fsp3) is 0.0286. The van der Waals surface area contributed by atoms with Gasteiger partial charge in [0.05, 0.1) is 22.9 Å². The maximum absolute atomic E-state index is 6.08. The van der Waals surface area contributed by atoms with Crippen LogP contribution >= 0.6 is 0 Å². The molecule has 0 atom stereocenters. The molecule has 6 aromatic carbocycles. The number of nitrogens with zero attached hydrogens (tertiary/aromatic N) is 2. The van der Waals surface area contributed by atoms with Crippen molar-refractivity contribution in [3.8, 4) is 22.4 Å². The maximum atomic E-state index is 6.08. The highest BCUT2D eigenvalue weighted by Gasteiger charge is 2.13. The molecule has 0 radical (unpaired) electrons. The minimum Gasteiger partial charge on any atom is -0.456 e. The van der Waals surface area contributed by atoms with Crippen molar-refractivity contribution in [3.05, 3.63) is 121 Å². The van der Waals surface area contributed by atoms with Crippen LogP contribution in [0.25, 0.3) is 76.9 Å². The Kier molecular flexibility index (Phi) is 4.44. The lowest BCUT2D eigenvalue weighted by molar-refractivity contribution is 0.669. The third kappa shape index (κ3) is 3.15. The van der Waals surface area contributed by atoms with Crippen LogP contribution in [0.4, 0.5) is 0 Å². The van der Waals surface area contributed by atoms with E-state index in [1.807, 2.05) is 6.20 Å². The Balaban J connectivity index is 1.30. The summed E-state index contributed by atoms with van der Waals surface area (Å²) in [4.78, 5) is 10.1. The van der Waals surface area contributed by atoms with E-state index in [1.165, 1.54) is 16.3 Å². The van der Waals surface area contributed by atoms with Gasteiger partial charge in [-0.2, -0.15) is 0 Å². The van der Waals surface area contributed by atoms with Crippen LogP contribution in [0.2, 0.25) is 0 Å². The fourth-order valence-electron chi connectivity index (χ4n) is 5.69. The molecule has 0 amide bonds. The molecule has 38 heavy (non-hydrogen) atoms. The van der Waals surface area contributed by atoms with Crippen molar-refractivity contribution >= 4 is 54.5 Å². The molecule has 3 nitrogen and oxygen atoms in total. The third-order valence-corrected chi connectivity index (χ3v) is 7.54. The van der Waals surface area contributed by atoms with E-state index in [9.17, 15) is 0 Å². The standard InChI is InChI=1S/C35H22N2O/c1-21-13-15-32-29(17-21)30-19-23(14-16-33(30)38-32)22-7-6-8-24(18-22)31-20-36-34-27-11-4-2-9-25(27)26-10-3-5-12-28(26)35(34)37-31/h2-20H,1H3. The Labute approximate surface area is 219 Å². The van der Waals surface area contributed by atoms with Crippen LogP contribution in [-0.4, -0.2) is 9.97 Å². The number of fused-ring (bicyclic) bond motifs is 9. The molecule has 0 fully saturated rings. The van der Waals surface area contributed by atoms with Gasteiger partial charge in [0.1, 0.15) is 11.2 Å². The molecule has 178 valence electrons. The van der Waals surface area contributed by atoms with Gasteiger partial charge < -0.3 is 4.42 Å². The van der Waals surface area contributed by atoms with Crippen LogP contribution in [0.5, 0.6) is 0 Å². The third-order valence-electron chi connectivity index (χ3n) is 7.54. The molecule has 0 saturated heterocycles. The Morgan fingerprint density at radius 1 is 0.500 bits per heavy atom. The molecular formula is C35H22N2O. The second-order valence-electron chi connectivity index (χ2n) is 9.94. The van der Waals surface area contributed by atoms with Gasteiger partial charge in [-0.05, 0) is 59.2 Å². The maximum Gasteiger partial charge on any atom is 0.135 e. The van der Waals surface area contributed by atoms with E-state index < -0.39 is 0 Å². The number of hydrogen-bond donors (Lipinski definition) is 0. The predicted octanol–water partition coefficient (Wildman–Crippen LogP) is 9.48. The average Bonchev–Trinajstić information content (AvgIpc) is 3.34. The Hall–Kier alpha value is -5.02. The highest BCUT2D eigenvalue weighted by molar-refractivity contribution is 6.23. The van der Waals surface area contributed by atoms with E-state index in [4.69, 9.17) is 14.4 Å². The normalized spacial score (nSPS) is 11.8. The van der Waals surface area contributed by atoms with E-state index in [2.05, 4.69) is 116 Å². The lowest BCUT2D eigenvalue weighted by Gasteiger charge is -2.11. The van der Waals surface area contributed by atoms with Crippen molar-refractivity contribution in [3.63, 3.8) is 0 Å². The number of furan rings is 1. The number of hydrogen-bond acceptors (Lipinski definition) is 3. The van der Waals surface area contributed by atoms with Crippen LogP contribution in [-0.2, 0) is 0 Å². The molecule has 0 aliphatic carbocycles. The van der Waals surface area contributed by atoms with E-state index in [0.29, 0.717) is 0 Å². The second kappa shape index (κ2) is 7.99. The molecule has 0 aliphatic rings. The summed E-state index contributed by atoms with van der Waals surface area (Å²) in [6.45, 7) is 2.11. The first kappa shape index (κ1) is 21.1. The highest BCUT2D eigenvalue weighted by Crippen LogP contribution is 2.36. The van der Waals surface area contributed by atoms with E-state index in [0.717, 1.165) is 66.1 Å². The van der Waals surface area contributed by atoms with Crippen molar-refractivity contribution in [2.75, 3.05) is 0 Å². The number of benzene rings is 6. The van der Waals surface area contributed by atoms with Gasteiger partial charge in [-0.15, -0.1) is 0 Å². The van der Waals surface area contributed by atoms with Crippen LogP contribution in [0.3, 0.4) is 0 Å².